The van der Waals surface area contributed by atoms with Crippen LogP contribution in [0.15, 0.2) is 18.6 Å². The van der Waals surface area contributed by atoms with Gasteiger partial charge in [0.1, 0.15) is 5.01 Å². The van der Waals surface area contributed by atoms with E-state index in [1.165, 1.54) is 4.88 Å². The third-order valence-corrected chi connectivity index (χ3v) is 4.52. The van der Waals surface area contributed by atoms with Gasteiger partial charge in [0.2, 0.25) is 5.13 Å². The monoisotopic (exact) mass is 293 g/mol. The maximum Gasteiger partial charge on any atom is 0.205 e. The zero-order valence-corrected chi connectivity index (χ0v) is 12.5. The molecule has 0 aromatic carbocycles. The predicted octanol–water partition coefficient (Wildman–Crippen LogP) is 3.06. The highest BCUT2D eigenvalue weighted by molar-refractivity contribution is 7.17. The molecule has 0 atom stereocenters. The Hall–Kier alpha value is -1.47. The number of fused-ring (bicyclic) bond motifs is 1. The van der Waals surface area contributed by atoms with Crippen LogP contribution >= 0.6 is 22.7 Å². The van der Waals surface area contributed by atoms with Crippen LogP contribution in [0.2, 0.25) is 0 Å². The van der Waals surface area contributed by atoms with Gasteiger partial charge in [-0.1, -0.05) is 36.5 Å². The quantitative estimate of drug-likeness (QED) is 0.785. The highest BCUT2D eigenvalue weighted by Gasteiger charge is 2.07. The van der Waals surface area contributed by atoms with E-state index in [4.69, 9.17) is 0 Å². The highest BCUT2D eigenvalue weighted by atomic mass is 32.1. The number of aromatic nitrogens is 4. The van der Waals surface area contributed by atoms with Crippen LogP contribution in [-0.2, 0) is 13.0 Å². The Morgan fingerprint density at radius 3 is 3.00 bits per heavy atom. The number of nitrogens with zero attached hydrogens (tertiary/aromatic N) is 4. The van der Waals surface area contributed by atoms with Crippen LogP contribution in [0.1, 0.15) is 23.7 Å². The van der Waals surface area contributed by atoms with E-state index >= 15 is 0 Å². The van der Waals surface area contributed by atoms with Crippen molar-refractivity contribution in [2.45, 2.75) is 26.8 Å². The highest BCUT2D eigenvalue weighted by Crippen LogP contribution is 2.21. The Morgan fingerprint density at radius 2 is 2.21 bits per heavy atom. The molecule has 0 radical (unpaired) electrons. The molecule has 7 heteroatoms. The van der Waals surface area contributed by atoms with Crippen LogP contribution in [-0.4, -0.2) is 19.6 Å². The van der Waals surface area contributed by atoms with Crippen molar-refractivity contribution in [3.63, 3.8) is 0 Å². The summed E-state index contributed by atoms with van der Waals surface area (Å²) in [7, 11) is 0. The second-order valence-electron chi connectivity index (χ2n) is 4.77. The summed E-state index contributed by atoms with van der Waals surface area (Å²) < 4.78 is 2.03. The van der Waals surface area contributed by atoms with Crippen LogP contribution in [0.5, 0.6) is 0 Å². The molecule has 0 aliphatic heterocycles. The number of anilines is 1. The summed E-state index contributed by atoms with van der Waals surface area (Å²) in [5, 5.41) is 13.7. The third-order valence-electron chi connectivity index (χ3n) is 2.60. The average Bonchev–Trinajstić information content (AvgIpc) is 2.99. The van der Waals surface area contributed by atoms with E-state index in [1.54, 1.807) is 22.7 Å². The van der Waals surface area contributed by atoms with Crippen LogP contribution in [0.3, 0.4) is 0 Å². The first kappa shape index (κ1) is 12.6. The summed E-state index contributed by atoms with van der Waals surface area (Å²) >= 11 is 3.32. The summed E-state index contributed by atoms with van der Waals surface area (Å²) in [6.45, 7) is 5.15. The topological polar surface area (TPSA) is 55.1 Å². The Morgan fingerprint density at radius 1 is 1.32 bits per heavy atom. The van der Waals surface area contributed by atoms with Gasteiger partial charge in [0.25, 0.3) is 0 Å². The molecule has 3 aromatic heterocycles. The summed E-state index contributed by atoms with van der Waals surface area (Å²) in [5.41, 5.74) is 0. The van der Waals surface area contributed by atoms with Gasteiger partial charge >= 0.3 is 0 Å². The Bertz CT molecular complexity index is 638. The molecule has 0 aliphatic carbocycles. The number of hydrogen-bond donors (Lipinski definition) is 1. The van der Waals surface area contributed by atoms with Gasteiger partial charge in [0.05, 0.1) is 6.54 Å². The number of thiazole rings is 1. The number of rotatable bonds is 5. The number of imidazole rings is 1. The minimum Gasteiger partial charge on any atom is -0.355 e. The molecule has 0 unspecified atom stereocenters. The van der Waals surface area contributed by atoms with Crippen molar-refractivity contribution in [2.24, 2.45) is 5.92 Å². The molecule has 100 valence electrons. The molecular formula is C12H15N5S2. The summed E-state index contributed by atoms with van der Waals surface area (Å²) in [6.07, 6.45) is 6.86. The molecule has 0 fully saturated rings. The lowest BCUT2D eigenvalue weighted by Gasteiger charge is -1.98. The minimum atomic E-state index is 0.617. The van der Waals surface area contributed by atoms with Gasteiger partial charge in [0, 0.05) is 29.9 Å². The van der Waals surface area contributed by atoms with Gasteiger partial charge in [-0.3, -0.25) is 4.40 Å². The molecule has 0 saturated heterocycles. The van der Waals surface area contributed by atoms with E-state index in [0.29, 0.717) is 5.92 Å². The van der Waals surface area contributed by atoms with E-state index in [0.717, 1.165) is 28.1 Å². The number of hydrogen-bond acceptors (Lipinski definition) is 6. The van der Waals surface area contributed by atoms with Gasteiger partial charge in [0.15, 0.2) is 4.96 Å². The number of nitrogens with one attached hydrogen (secondary N) is 1. The predicted molar refractivity (Wildman–Crippen MR) is 78.8 cm³/mol. The van der Waals surface area contributed by atoms with Crippen molar-refractivity contribution in [1.29, 1.82) is 0 Å². The van der Waals surface area contributed by atoms with Crippen molar-refractivity contribution in [1.82, 2.24) is 19.6 Å². The van der Waals surface area contributed by atoms with Crippen LogP contribution < -0.4 is 5.32 Å². The standard InChI is InChI=1S/C12H15N5S2/c1-8(2)5-10-15-16-11(19-10)14-6-9-7-17-4-3-13-12(17)18-9/h3-4,7-8H,5-6H2,1-2H3,(H,14,16). The smallest absolute Gasteiger partial charge is 0.205 e. The maximum atomic E-state index is 4.26. The molecule has 0 amide bonds. The van der Waals surface area contributed by atoms with Crippen LogP contribution in [0.4, 0.5) is 5.13 Å². The van der Waals surface area contributed by atoms with Crippen molar-refractivity contribution < 1.29 is 0 Å². The molecule has 3 aromatic rings. The van der Waals surface area contributed by atoms with Crippen molar-refractivity contribution >= 4 is 32.8 Å². The lowest BCUT2D eigenvalue weighted by molar-refractivity contribution is 0.640. The second-order valence-corrected chi connectivity index (χ2v) is 6.92. The molecule has 3 rings (SSSR count). The van der Waals surface area contributed by atoms with E-state index in [1.807, 2.05) is 16.8 Å². The van der Waals surface area contributed by atoms with Gasteiger partial charge in [-0.25, -0.2) is 4.98 Å². The summed E-state index contributed by atoms with van der Waals surface area (Å²) in [6, 6.07) is 0. The summed E-state index contributed by atoms with van der Waals surface area (Å²) in [5.74, 6) is 0.617. The minimum absolute atomic E-state index is 0.617. The SMILES string of the molecule is CC(C)Cc1nnc(NCc2cn3ccnc3s2)s1. The Balaban J connectivity index is 1.62. The van der Waals surface area contributed by atoms with Gasteiger partial charge in [-0.05, 0) is 5.92 Å². The zero-order chi connectivity index (χ0) is 13.2. The first-order chi connectivity index (χ1) is 9.20. The van der Waals surface area contributed by atoms with Crippen LogP contribution in [0, 0.1) is 5.92 Å². The molecule has 1 N–H and O–H groups in total. The van der Waals surface area contributed by atoms with Crippen molar-refractivity contribution in [3.8, 4) is 0 Å². The lowest BCUT2D eigenvalue weighted by Crippen LogP contribution is -1.96. The molecule has 3 heterocycles. The van der Waals surface area contributed by atoms with Crippen LogP contribution in [0.25, 0.3) is 4.96 Å². The lowest BCUT2D eigenvalue weighted by atomic mass is 10.1. The molecule has 19 heavy (non-hydrogen) atoms. The van der Waals surface area contributed by atoms with E-state index in [2.05, 4.69) is 40.5 Å². The molecule has 0 spiro atoms. The average molecular weight is 293 g/mol. The molecule has 0 aliphatic rings. The fraction of sp³-hybridized carbons (Fsp3) is 0.417. The third kappa shape index (κ3) is 2.93. The fourth-order valence-electron chi connectivity index (χ4n) is 1.78. The van der Waals surface area contributed by atoms with Gasteiger partial charge in [-0.15, -0.1) is 10.2 Å². The van der Waals surface area contributed by atoms with Crippen molar-refractivity contribution in [2.75, 3.05) is 5.32 Å². The Labute approximate surface area is 119 Å². The Kier molecular flexibility index (Phi) is 3.48. The summed E-state index contributed by atoms with van der Waals surface area (Å²) in [4.78, 5) is 6.52. The largest absolute Gasteiger partial charge is 0.355 e. The van der Waals surface area contributed by atoms with Gasteiger partial charge in [-0.2, -0.15) is 0 Å². The molecule has 0 bridgehead atoms. The fourth-order valence-corrected chi connectivity index (χ4v) is 3.60. The maximum absolute atomic E-state index is 4.26. The second kappa shape index (κ2) is 5.26. The molecular weight excluding hydrogens is 278 g/mol. The van der Waals surface area contributed by atoms with Crippen molar-refractivity contribution in [3.05, 3.63) is 28.5 Å². The normalized spacial score (nSPS) is 11.5. The zero-order valence-electron chi connectivity index (χ0n) is 10.8. The van der Waals surface area contributed by atoms with E-state index in [9.17, 15) is 0 Å². The molecule has 0 saturated carbocycles. The van der Waals surface area contributed by atoms with Gasteiger partial charge < -0.3 is 5.32 Å². The van der Waals surface area contributed by atoms with E-state index in [-0.39, 0.29) is 0 Å². The molecule has 5 nitrogen and oxygen atoms in total. The first-order valence-electron chi connectivity index (χ1n) is 6.18. The van der Waals surface area contributed by atoms with E-state index < -0.39 is 0 Å². The first-order valence-corrected chi connectivity index (χ1v) is 7.81.